The molecule has 1 aliphatic rings. The number of rotatable bonds is 4. The van der Waals surface area contributed by atoms with Gasteiger partial charge in [0.1, 0.15) is 0 Å². The number of aromatic amines is 1. The zero-order chi connectivity index (χ0) is 23.2. The molecule has 0 unspecified atom stereocenters. The van der Waals surface area contributed by atoms with Crippen LogP contribution in [0.15, 0.2) is 47.2 Å². The first kappa shape index (κ1) is 21.3. The van der Waals surface area contributed by atoms with Gasteiger partial charge in [0.05, 0.1) is 5.69 Å². The van der Waals surface area contributed by atoms with Crippen LogP contribution in [0.4, 0.5) is 24.7 Å². The van der Waals surface area contributed by atoms with Crippen molar-refractivity contribution in [2.75, 3.05) is 23.3 Å². The summed E-state index contributed by atoms with van der Waals surface area (Å²) in [6, 6.07) is 7.79. The number of hydrogen-bond donors (Lipinski definition) is 2. The zero-order valence-corrected chi connectivity index (χ0v) is 17.8. The first-order chi connectivity index (χ1) is 15.8. The summed E-state index contributed by atoms with van der Waals surface area (Å²) in [7, 11) is 0. The maximum absolute atomic E-state index is 14.7. The number of piperidine rings is 1. The van der Waals surface area contributed by atoms with Crippen LogP contribution >= 0.6 is 11.6 Å². The van der Waals surface area contributed by atoms with Gasteiger partial charge in [-0.15, -0.1) is 0 Å². The quantitative estimate of drug-likeness (QED) is 0.407. The predicted octanol–water partition coefficient (Wildman–Crippen LogP) is 5.50. The lowest BCUT2D eigenvalue weighted by atomic mass is 10.1. The lowest BCUT2D eigenvalue weighted by Gasteiger charge is -2.32. The maximum atomic E-state index is 14.7. The molecule has 0 bridgehead atoms. The van der Waals surface area contributed by atoms with Gasteiger partial charge in [-0.2, -0.15) is 0 Å². The predicted molar refractivity (Wildman–Crippen MR) is 117 cm³/mol. The van der Waals surface area contributed by atoms with Crippen molar-refractivity contribution in [2.24, 2.45) is 0 Å². The first-order valence-corrected chi connectivity index (χ1v) is 10.5. The molecule has 0 spiro atoms. The highest BCUT2D eigenvalue weighted by Crippen LogP contribution is 2.32. The van der Waals surface area contributed by atoms with Crippen LogP contribution in [-0.4, -0.2) is 40.0 Å². The highest BCUT2D eigenvalue weighted by Gasteiger charge is 2.35. The van der Waals surface area contributed by atoms with Gasteiger partial charge in [-0.3, -0.25) is 4.79 Å². The van der Waals surface area contributed by atoms with Gasteiger partial charge in [-0.05, 0) is 24.3 Å². The number of H-pyrrole nitrogens is 1. The van der Waals surface area contributed by atoms with Crippen molar-refractivity contribution >= 4 is 39.9 Å². The van der Waals surface area contributed by atoms with Gasteiger partial charge in [0.2, 0.25) is 0 Å². The number of aromatic nitrogens is 3. The molecule has 33 heavy (non-hydrogen) atoms. The molecule has 2 N–H and O–H groups in total. The summed E-state index contributed by atoms with van der Waals surface area (Å²) >= 11 is 6.03. The molecule has 1 fully saturated rings. The Morgan fingerprint density at radius 1 is 1.21 bits per heavy atom. The molecule has 4 heterocycles. The average Bonchev–Trinajstić information content (AvgIpc) is 3.42. The highest BCUT2D eigenvalue weighted by molar-refractivity contribution is 6.31. The van der Waals surface area contributed by atoms with E-state index in [1.54, 1.807) is 24.4 Å². The Kier molecular flexibility index (Phi) is 5.24. The summed E-state index contributed by atoms with van der Waals surface area (Å²) in [5.74, 6) is -3.78. The number of nitrogens with zero attached hydrogens (tertiary/aromatic N) is 3. The van der Waals surface area contributed by atoms with Crippen molar-refractivity contribution < 1.29 is 22.5 Å². The molecule has 1 saturated heterocycles. The Morgan fingerprint density at radius 2 is 2.00 bits per heavy atom. The van der Waals surface area contributed by atoms with Gasteiger partial charge in [0.25, 0.3) is 11.8 Å². The number of anilines is 2. The second-order valence-corrected chi connectivity index (χ2v) is 8.23. The summed E-state index contributed by atoms with van der Waals surface area (Å²) in [6.07, 6.45) is 2.29. The monoisotopic (exact) mass is 475 g/mol. The first-order valence-electron chi connectivity index (χ1n) is 10.1. The third-order valence-corrected chi connectivity index (χ3v) is 5.77. The van der Waals surface area contributed by atoms with Gasteiger partial charge >= 0.3 is 0 Å². The fourth-order valence-electron chi connectivity index (χ4n) is 3.74. The largest absolute Gasteiger partial charge is 0.359 e. The Labute approximate surface area is 190 Å². The van der Waals surface area contributed by atoms with Crippen LogP contribution in [0.25, 0.3) is 22.2 Å². The van der Waals surface area contributed by atoms with Crippen LogP contribution in [0, 0.1) is 5.82 Å². The summed E-state index contributed by atoms with van der Waals surface area (Å²) < 4.78 is 46.6. The molecule has 11 heteroatoms. The number of alkyl halides is 2. The summed E-state index contributed by atoms with van der Waals surface area (Å²) in [5.41, 5.74) is 1.58. The van der Waals surface area contributed by atoms with Crippen LogP contribution in [0.2, 0.25) is 5.02 Å². The Morgan fingerprint density at radius 3 is 2.76 bits per heavy atom. The Hall–Kier alpha value is -3.53. The van der Waals surface area contributed by atoms with Crippen molar-refractivity contribution in [1.29, 1.82) is 0 Å². The number of carbonyl (C=O) groups excluding carboxylic acids is 1. The minimum absolute atomic E-state index is 0.00438. The molecule has 0 saturated carbocycles. The number of nitrogens with one attached hydrogen (secondary N) is 2. The summed E-state index contributed by atoms with van der Waals surface area (Å²) in [5, 5.41) is 7.75. The van der Waals surface area contributed by atoms with E-state index in [9.17, 15) is 18.0 Å². The fraction of sp³-hybridized carbons (Fsp3) is 0.227. The Bertz CT molecular complexity index is 1340. The second-order valence-electron chi connectivity index (χ2n) is 7.80. The van der Waals surface area contributed by atoms with E-state index in [2.05, 4.69) is 20.4 Å². The lowest BCUT2D eigenvalue weighted by molar-refractivity contribution is -0.0222. The van der Waals surface area contributed by atoms with Crippen molar-refractivity contribution in [1.82, 2.24) is 15.1 Å². The maximum Gasteiger partial charge on any atom is 0.277 e. The summed E-state index contributed by atoms with van der Waals surface area (Å²) in [6.45, 7) is 0.0316. The van der Waals surface area contributed by atoms with E-state index >= 15 is 0 Å². The van der Waals surface area contributed by atoms with Gasteiger partial charge in [-0.25, -0.2) is 18.2 Å². The van der Waals surface area contributed by atoms with E-state index in [0.717, 1.165) is 10.9 Å². The van der Waals surface area contributed by atoms with Gasteiger partial charge < -0.3 is 19.7 Å². The number of amides is 1. The minimum atomic E-state index is -2.73. The van der Waals surface area contributed by atoms with E-state index in [1.807, 2.05) is 0 Å². The van der Waals surface area contributed by atoms with Gasteiger partial charge in [0.15, 0.2) is 23.1 Å². The summed E-state index contributed by atoms with van der Waals surface area (Å²) in [4.78, 5) is 21.2. The van der Waals surface area contributed by atoms with Crippen LogP contribution in [0.5, 0.6) is 0 Å². The van der Waals surface area contributed by atoms with Crippen molar-refractivity contribution in [3.8, 4) is 11.3 Å². The van der Waals surface area contributed by atoms with E-state index < -0.39 is 17.6 Å². The number of halogens is 4. The molecule has 3 aromatic heterocycles. The smallest absolute Gasteiger partial charge is 0.277 e. The molecular formula is C22H17ClF3N5O2. The van der Waals surface area contributed by atoms with E-state index in [4.69, 9.17) is 16.1 Å². The van der Waals surface area contributed by atoms with Gasteiger partial charge in [-0.1, -0.05) is 16.8 Å². The van der Waals surface area contributed by atoms with Crippen LogP contribution in [0.3, 0.4) is 0 Å². The molecule has 5 rings (SSSR count). The molecule has 0 aliphatic carbocycles. The number of benzene rings is 1. The number of fused-ring (bicyclic) bond motifs is 1. The van der Waals surface area contributed by atoms with Crippen molar-refractivity contribution in [3.05, 3.63) is 59.3 Å². The third kappa shape index (κ3) is 4.25. The fourth-order valence-corrected chi connectivity index (χ4v) is 3.92. The molecule has 0 radical (unpaired) electrons. The van der Waals surface area contributed by atoms with Crippen LogP contribution in [-0.2, 0) is 0 Å². The van der Waals surface area contributed by atoms with E-state index in [0.29, 0.717) is 10.7 Å². The third-order valence-electron chi connectivity index (χ3n) is 5.54. The van der Waals surface area contributed by atoms with E-state index in [-0.39, 0.29) is 48.8 Å². The van der Waals surface area contributed by atoms with Crippen LogP contribution < -0.4 is 10.2 Å². The van der Waals surface area contributed by atoms with Crippen LogP contribution in [0.1, 0.15) is 23.3 Å². The second kappa shape index (κ2) is 8.11. The van der Waals surface area contributed by atoms with Crippen molar-refractivity contribution in [3.63, 3.8) is 0 Å². The van der Waals surface area contributed by atoms with Crippen molar-refractivity contribution in [2.45, 2.75) is 18.8 Å². The number of pyridine rings is 1. The zero-order valence-electron chi connectivity index (χ0n) is 17.0. The molecule has 0 atom stereocenters. The lowest BCUT2D eigenvalue weighted by Crippen LogP contribution is -2.40. The molecule has 1 amide bonds. The molecule has 170 valence electrons. The molecule has 4 aromatic rings. The Balaban J connectivity index is 1.32. The average molecular weight is 476 g/mol. The topological polar surface area (TPSA) is 87.0 Å². The minimum Gasteiger partial charge on any atom is -0.359 e. The highest BCUT2D eigenvalue weighted by atomic mass is 35.5. The van der Waals surface area contributed by atoms with Gasteiger partial charge in [0, 0.05) is 65.9 Å². The molecule has 7 nitrogen and oxygen atoms in total. The number of hydrogen-bond acceptors (Lipinski definition) is 5. The van der Waals surface area contributed by atoms with E-state index in [1.165, 1.54) is 23.2 Å². The SMILES string of the molecule is O=C(Nc1c[nH]c2ccc(Cl)cc12)c1cc(-c2cnc(N3CCC(F)(F)CC3)c(F)c2)on1. The normalized spacial score (nSPS) is 15.7. The standard InChI is InChI=1S/C22H17ClF3N5O2/c23-13-1-2-16-14(8-13)18(11-27-16)29-21(32)17-9-19(33-30-17)12-7-15(24)20(28-10-12)31-5-3-22(25,26)4-6-31/h1-2,7-11,27H,3-6H2,(H,29,32). The molecule has 1 aliphatic heterocycles. The molecular weight excluding hydrogens is 459 g/mol. The molecule has 1 aromatic carbocycles. The number of carbonyl (C=O) groups is 1.